The van der Waals surface area contributed by atoms with Crippen LogP contribution in [0, 0.1) is 5.92 Å². The molecule has 3 N–H and O–H groups in total. The van der Waals surface area contributed by atoms with E-state index in [1.54, 1.807) is 0 Å². The smallest absolute Gasteiger partial charge is 0.255 e. The van der Waals surface area contributed by atoms with Crippen molar-refractivity contribution in [2.24, 2.45) is 11.7 Å². The van der Waals surface area contributed by atoms with E-state index in [-0.39, 0.29) is 6.61 Å². The third-order valence-electron chi connectivity index (χ3n) is 3.28. The number of nitrogens with one attached hydrogen (secondary N) is 1. The first-order valence-corrected chi connectivity index (χ1v) is 6.49. The molecule has 4 nitrogen and oxygen atoms in total. The van der Waals surface area contributed by atoms with Gasteiger partial charge in [0.2, 0.25) is 0 Å². The number of benzene rings is 1. The topological polar surface area (TPSA) is 64.4 Å². The zero-order valence-electron chi connectivity index (χ0n) is 10.5. The minimum atomic E-state index is -0.459. The second-order valence-corrected chi connectivity index (χ2v) is 4.81. The van der Waals surface area contributed by atoms with Crippen LogP contribution in [-0.2, 0) is 4.79 Å². The maximum Gasteiger partial charge on any atom is 0.255 e. The number of hydrogen-bond donors (Lipinski definition) is 2. The molecular formula is C14H20N2O2. The molecule has 1 aliphatic carbocycles. The molecule has 0 saturated heterocycles. The summed E-state index contributed by atoms with van der Waals surface area (Å²) in [5.41, 5.74) is 6.07. The minimum Gasteiger partial charge on any atom is -0.484 e. The largest absolute Gasteiger partial charge is 0.484 e. The normalized spacial score (nSPS) is 15.6. The summed E-state index contributed by atoms with van der Waals surface area (Å²) in [6.45, 7) is 0.936. The fourth-order valence-corrected chi connectivity index (χ4v) is 2.33. The molecule has 98 valence electrons. The van der Waals surface area contributed by atoms with Gasteiger partial charge in [-0.25, -0.2) is 0 Å². The number of ether oxygens (including phenoxy) is 1. The molecule has 1 fully saturated rings. The molecule has 0 radical (unpaired) electrons. The number of hydrogen-bond acceptors (Lipinski definition) is 3. The van der Waals surface area contributed by atoms with Crippen molar-refractivity contribution in [3.63, 3.8) is 0 Å². The summed E-state index contributed by atoms with van der Waals surface area (Å²) in [7, 11) is 0. The fraction of sp³-hybridized carbons (Fsp3) is 0.500. The van der Waals surface area contributed by atoms with E-state index in [0.717, 1.165) is 18.2 Å². The van der Waals surface area contributed by atoms with Gasteiger partial charge in [-0.2, -0.15) is 0 Å². The molecule has 0 spiro atoms. The molecule has 0 unspecified atom stereocenters. The third kappa shape index (κ3) is 3.95. The Hall–Kier alpha value is -1.71. The molecular weight excluding hydrogens is 228 g/mol. The molecule has 1 amide bonds. The van der Waals surface area contributed by atoms with Crippen molar-refractivity contribution in [1.29, 1.82) is 0 Å². The maximum absolute atomic E-state index is 10.6. The molecule has 0 aliphatic heterocycles. The van der Waals surface area contributed by atoms with E-state index in [4.69, 9.17) is 10.5 Å². The number of carbonyl (C=O) groups excluding carboxylic acids is 1. The Morgan fingerprint density at radius 3 is 2.89 bits per heavy atom. The molecule has 4 heteroatoms. The number of rotatable bonds is 6. The first-order valence-electron chi connectivity index (χ1n) is 6.49. The molecule has 0 heterocycles. The Morgan fingerprint density at radius 1 is 1.39 bits per heavy atom. The van der Waals surface area contributed by atoms with E-state index < -0.39 is 5.91 Å². The van der Waals surface area contributed by atoms with Crippen LogP contribution in [0.15, 0.2) is 24.3 Å². The number of primary amides is 1. The molecule has 1 saturated carbocycles. The van der Waals surface area contributed by atoms with Gasteiger partial charge in [-0.15, -0.1) is 0 Å². The van der Waals surface area contributed by atoms with Gasteiger partial charge in [-0.05, 0) is 30.9 Å². The van der Waals surface area contributed by atoms with Crippen LogP contribution in [0.5, 0.6) is 5.75 Å². The summed E-state index contributed by atoms with van der Waals surface area (Å²) < 4.78 is 5.27. The molecule has 0 bridgehead atoms. The molecule has 1 aromatic rings. The number of amides is 1. The third-order valence-corrected chi connectivity index (χ3v) is 3.28. The monoisotopic (exact) mass is 248 g/mol. The number of anilines is 1. The Balaban J connectivity index is 1.84. The van der Waals surface area contributed by atoms with Gasteiger partial charge >= 0.3 is 0 Å². The highest BCUT2D eigenvalue weighted by atomic mass is 16.5. The molecule has 1 aliphatic rings. The lowest BCUT2D eigenvalue weighted by Gasteiger charge is -2.12. The van der Waals surface area contributed by atoms with Crippen molar-refractivity contribution in [3.05, 3.63) is 24.3 Å². The Morgan fingerprint density at radius 2 is 2.17 bits per heavy atom. The van der Waals surface area contributed by atoms with E-state index in [1.807, 2.05) is 24.3 Å². The van der Waals surface area contributed by atoms with Crippen molar-refractivity contribution >= 4 is 11.6 Å². The maximum atomic E-state index is 10.6. The second-order valence-electron chi connectivity index (χ2n) is 4.81. The van der Waals surface area contributed by atoms with Gasteiger partial charge in [0, 0.05) is 18.3 Å². The van der Waals surface area contributed by atoms with Crippen LogP contribution in [0.1, 0.15) is 25.7 Å². The van der Waals surface area contributed by atoms with E-state index in [9.17, 15) is 4.79 Å². The van der Waals surface area contributed by atoms with E-state index in [0.29, 0.717) is 5.75 Å². The van der Waals surface area contributed by atoms with Crippen LogP contribution in [0.4, 0.5) is 5.69 Å². The zero-order valence-corrected chi connectivity index (χ0v) is 10.5. The van der Waals surface area contributed by atoms with Gasteiger partial charge in [0.25, 0.3) is 5.91 Å². The average Bonchev–Trinajstić information content (AvgIpc) is 2.87. The fourth-order valence-electron chi connectivity index (χ4n) is 2.33. The van der Waals surface area contributed by atoms with E-state index in [2.05, 4.69) is 5.32 Å². The summed E-state index contributed by atoms with van der Waals surface area (Å²) in [6.07, 6.45) is 5.36. The molecule has 0 atom stereocenters. The highest BCUT2D eigenvalue weighted by Gasteiger charge is 2.14. The standard InChI is InChI=1S/C14H20N2O2/c15-14(17)10-18-13-7-3-6-12(8-13)16-9-11-4-1-2-5-11/h3,6-8,11,16H,1-2,4-5,9-10H2,(H2,15,17). The van der Waals surface area contributed by atoms with Gasteiger partial charge in [0.15, 0.2) is 6.61 Å². The number of nitrogens with two attached hydrogens (primary N) is 1. The van der Waals surface area contributed by atoms with Gasteiger partial charge in [-0.1, -0.05) is 18.9 Å². The van der Waals surface area contributed by atoms with Crippen molar-refractivity contribution in [2.45, 2.75) is 25.7 Å². The molecule has 2 rings (SSSR count). The SMILES string of the molecule is NC(=O)COc1cccc(NCC2CCCC2)c1. The van der Waals surface area contributed by atoms with Crippen LogP contribution in [0.25, 0.3) is 0 Å². The highest BCUT2D eigenvalue weighted by Crippen LogP contribution is 2.25. The lowest BCUT2D eigenvalue weighted by Crippen LogP contribution is -2.20. The van der Waals surface area contributed by atoms with Gasteiger partial charge in [0.1, 0.15) is 5.75 Å². The van der Waals surface area contributed by atoms with E-state index in [1.165, 1.54) is 25.7 Å². The first kappa shape index (κ1) is 12.7. The van der Waals surface area contributed by atoms with Crippen LogP contribution < -0.4 is 15.8 Å². The van der Waals surface area contributed by atoms with Gasteiger partial charge < -0.3 is 15.8 Å². The number of carbonyl (C=O) groups is 1. The second kappa shape index (κ2) is 6.28. The summed E-state index contributed by atoms with van der Waals surface area (Å²) in [5, 5.41) is 3.42. The van der Waals surface area contributed by atoms with Crippen LogP contribution in [0.3, 0.4) is 0 Å². The quantitative estimate of drug-likeness (QED) is 0.810. The molecule has 18 heavy (non-hydrogen) atoms. The van der Waals surface area contributed by atoms with Crippen molar-refractivity contribution < 1.29 is 9.53 Å². The minimum absolute atomic E-state index is 0.0773. The lowest BCUT2D eigenvalue weighted by molar-refractivity contribution is -0.119. The van der Waals surface area contributed by atoms with Crippen molar-refractivity contribution in [3.8, 4) is 5.75 Å². The van der Waals surface area contributed by atoms with Gasteiger partial charge in [-0.3, -0.25) is 4.79 Å². The van der Waals surface area contributed by atoms with Crippen molar-refractivity contribution in [1.82, 2.24) is 0 Å². The van der Waals surface area contributed by atoms with Gasteiger partial charge in [0.05, 0.1) is 0 Å². The molecule has 1 aromatic carbocycles. The van der Waals surface area contributed by atoms with Crippen LogP contribution in [-0.4, -0.2) is 19.1 Å². The summed E-state index contributed by atoms with van der Waals surface area (Å²) in [4.78, 5) is 10.6. The van der Waals surface area contributed by atoms with Crippen LogP contribution in [0.2, 0.25) is 0 Å². The summed E-state index contributed by atoms with van der Waals surface area (Å²) >= 11 is 0. The highest BCUT2D eigenvalue weighted by molar-refractivity contribution is 5.75. The summed E-state index contributed by atoms with van der Waals surface area (Å²) in [6, 6.07) is 7.64. The Kier molecular flexibility index (Phi) is 4.45. The summed E-state index contributed by atoms with van der Waals surface area (Å²) in [5.74, 6) is 1.00. The first-order chi connectivity index (χ1) is 8.74. The van der Waals surface area contributed by atoms with E-state index >= 15 is 0 Å². The zero-order chi connectivity index (χ0) is 12.8. The predicted octanol–water partition coefficient (Wildman–Crippen LogP) is 2.15. The Labute approximate surface area is 108 Å². The Bertz CT molecular complexity index is 401. The van der Waals surface area contributed by atoms with Crippen LogP contribution >= 0.6 is 0 Å². The average molecular weight is 248 g/mol. The predicted molar refractivity (Wildman–Crippen MR) is 71.6 cm³/mol. The van der Waals surface area contributed by atoms with Crippen molar-refractivity contribution in [2.75, 3.05) is 18.5 Å². The lowest BCUT2D eigenvalue weighted by atomic mass is 10.1. The molecule has 0 aromatic heterocycles.